The molecule has 0 unspecified atom stereocenters. The quantitative estimate of drug-likeness (QED) is 0.673. The second kappa shape index (κ2) is 8.14. The first-order chi connectivity index (χ1) is 11.8. The van der Waals surface area contributed by atoms with Crippen LogP contribution >= 0.6 is 35.6 Å². The third-order valence-electron chi connectivity index (χ3n) is 3.63. The average Bonchev–Trinajstić information content (AvgIpc) is 2.84. The highest BCUT2D eigenvalue weighted by molar-refractivity contribution is 6.42. The Bertz CT molecular complexity index is 994. The number of carbonyl (C=O) groups excluding carboxylic acids is 1. The lowest BCUT2D eigenvalue weighted by Gasteiger charge is -2.11. The van der Waals surface area contributed by atoms with Gasteiger partial charge in [0.2, 0.25) is 0 Å². The minimum absolute atomic E-state index is 0. The maximum absolute atomic E-state index is 12.5. The normalized spacial score (nSPS) is 10.8. The van der Waals surface area contributed by atoms with Gasteiger partial charge in [0.05, 0.1) is 21.1 Å². The zero-order valence-corrected chi connectivity index (χ0v) is 16.4. The van der Waals surface area contributed by atoms with Crippen LogP contribution in [0.25, 0.3) is 11.0 Å². The number of carbonyl (C=O) groups is 1. The average molecular weight is 416 g/mol. The van der Waals surface area contributed by atoms with Crippen LogP contribution < -0.4 is 11.0 Å². The molecule has 1 heterocycles. The van der Waals surface area contributed by atoms with Crippen LogP contribution in [-0.4, -0.2) is 34.6 Å². The molecule has 0 fully saturated rings. The van der Waals surface area contributed by atoms with E-state index in [1.165, 1.54) is 12.1 Å². The van der Waals surface area contributed by atoms with Crippen LogP contribution in [0.1, 0.15) is 5.56 Å². The van der Waals surface area contributed by atoms with Crippen molar-refractivity contribution in [3.05, 3.63) is 62.5 Å². The lowest BCUT2D eigenvalue weighted by Crippen LogP contribution is -2.29. The maximum Gasteiger partial charge on any atom is 0.334 e. The molecule has 9 heteroatoms. The molecular weight excluding hydrogens is 399 g/mol. The summed E-state index contributed by atoms with van der Waals surface area (Å²) in [6.45, 7) is 0.801. The predicted octanol–water partition coefficient (Wildman–Crippen LogP) is 4.20. The molecule has 138 valence electrons. The Labute approximate surface area is 166 Å². The van der Waals surface area contributed by atoms with Gasteiger partial charge in [0.1, 0.15) is 0 Å². The van der Waals surface area contributed by atoms with Crippen LogP contribution in [0, 0.1) is 0 Å². The molecule has 0 bridgehead atoms. The molecule has 3 rings (SSSR count). The zero-order valence-electron chi connectivity index (χ0n) is 14.0. The van der Waals surface area contributed by atoms with Gasteiger partial charge in [0, 0.05) is 12.2 Å². The van der Waals surface area contributed by atoms with Gasteiger partial charge in [-0.05, 0) is 43.9 Å². The van der Waals surface area contributed by atoms with E-state index >= 15 is 0 Å². The number of aromatic nitrogens is 2. The molecule has 0 aliphatic rings. The van der Waals surface area contributed by atoms with Crippen LogP contribution in [0.5, 0.6) is 0 Å². The Balaban J connectivity index is 0.00000243. The third-order valence-corrected chi connectivity index (χ3v) is 4.35. The molecule has 0 aliphatic heterocycles. The highest BCUT2D eigenvalue weighted by Gasteiger charge is 2.16. The van der Waals surface area contributed by atoms with Crippen molar-refractivity contribution in [3.8, 4) is 0 Å². The van der Waals surface area contributed by atoms with E-state index in [0.717, 1.165) is 16.7 Å². The molecule has 26 heavy (non-hydrogen) atoms. The number of nitrogens with one attached hydrogen (secondary N) is 2. The molecule has 6 nitrogen and oxygen atoms in total. The van der Waals surface area contributed by atoms with E-state index < -0.39 is 11.7 Å². The molecule has 2 aromatic carbocycles. The standard InChI is InChI=1S/C17H16Cl2N4O2.ClH/c1-22(2)9-10-3-5-11(6-4-10)20-16(24)23-15-8-13(19)12(18)7-14(15)21-17(23)25;/h3-8H,9H2,1-2H3,(H,20,24)(H,21,25);1H. The van der Waals surface area contributed by atoms with Gasteiger partial charge in [-0.2, -0.15) is 0 Å². The number of imidazole rings is 1. The molecule has 1 aromatic heterocycles. The summed E-state index contributed by atoms with van der Waals surface area (Å²) in [4.78, 5) is 29.3. The number of halogens is 3. The Kier molecular flexibility index (Phi) is 6.36. The largest absolute Gasteiger partial charge is 0.334 e. The fourth-order valence-corrected chi connectivity index (χ4v) is 2.86. The first-order valence-electron chi connectivity index (χ1n) is 7.50. The first-order valence-corrected chi connectivity index (χ1v) is 8.25. The van der Waals surface area contributed by atoms with Gasteiger partial charge in [0.25, 0.3) is 0 Å². The van der Waals surface area contributed by atoms with Gasteiger partial charge >= 0.3 is 11.7 Å². The van der Waals surface area contributed by atoms with Crippen molar-refractivity contribution in [2.24, 2.45) is 0 Å². The molecule has 2 N–H and O–H groups in total. The monoisotopic (exact) mass is 414 g/mol. The van der Waals surface area contributed by atoms with Crippen LogP contribution in [0.15, 0.2) is 41.2 Å². The first kappa shape index (κ1) is 20.3. The second-order valence-corrected chi connectivity index (χ2v) is 6.73. The molecular formula is C17H17Cl3N4O2. The lowest BCUT2D eigenvalue weighted by molar-refractivity contribution is 0.253. The fourth-order valence-electron chi connectivity index (χ4n) is 2.54. The Morgan fingerprint density at radius 2 is 1.77 bits per heavy atom. The molecule has 0 saturated carbocycles. The van der Waals surface area contributed by atoms with Gasteiger partial charge in [-0.1, -0.05) is 35.3 Å². The fraction of sp³-hybridized carbons (Fsp3) is 0.176. The second-order valence-electron chi connectivity index (χ2n) is 5.91. The number of benzene rings is 2. The van der Waals surface area contributed by atoms with Gasteiger partial charge in [-0.15, -0.1) is 12.4 Å². The summed E-state index contributed by atoms with van der Waals surface area (Å²) in [7, 11) is 3.97. The van der Waals surface area contributed by atoms with E-state index in [0.29, 0.717) is 21.7 Å². The number of amides is 1. The summed E-state index contributed by atoms with van der Waals surface area (Å²) in [6.07, 6.45) is 0. The molecule has 3 aromatic rings. The number of fused-ring (bicyclic) bond motifs is 1. The smallest absolute Gasteiger partial charge is 0.307 e. The van der Waals surface area contributed by atoms with Crippen LogP contribution in [0.2, 0.25) is 10.0 Å². The van der Waals surface area contributed by atoms with Crippen molar-refractivity contribution in [2.45, 2.75) is 6.54 Å². The van der Waals surface area contributed by atoms with E-state index in [-0.39, 0.29) is 17.4 Å². The number of rotatable bonds is 3. The van der Waals surface area contributed by atoms with E-state index in [2.05, 4.69) is 10.3 Å². The van der Waals surface area contributed by atoms with Crippen LogP contribution in [0.4, 0.5) is 10.5 Å². The van der Waals surface area contributed by atoms with Crippen molar-refractivity contribution in [3.63, 3.8) is 0 Å². The Morgan fingerprint density at radius 1 is 1.15 bits per heavy atom. The molecule has 0 spiro atoms. The summed E-state index contributed by atoms with van der Waals surface area (Å²) in [5.41, 5.74) is 1.95. The molecule has 0 atom stereocenters. The number of nitrogens with zero attached hydrogens (tertiary/aromatic N) is 2. The third kappa shape index (κ3) is 4.22. The summed E-state index contributed by atoms with van der Waals surface area (Å²) in [5, 5.41) is 3.28. The molecule has 0 aliphatic carbocycles. The van der Waals surface area contributed by atoms with Gasteiger partial charge < -0.3 is 15.2 Å². The van der Waals surface area contributed by atoms with E-state index in [4.69, 9.17) is 23.2 Å². The minimum Gasteiger partial charge on any atom is -0.307 e. The Morgan fingerprint density at radius 3 is 2.38 bits per heavy atom. The molecule has 1 amide bonds. The van der Waals surface area contributed by atoms with Crippen molar-refractivity contribution < 1.29 is 4.79 Å². The lowest BCUT2D eigenvalue weighted by atomic mass is 10.2. The summed E-state index contributed by atoms with van der Waals surface area (Å²) in [5.74, 6) is 0. The zero-order chi connectivity index (χ0) is 18.1. The van der Waals surface area contributed by atoms with Gasteiger partial charge in [0.15, 0.2) is 0 Å². The highest BCUT2D eigenvalue weighted by atomic mass is 35.5. The van der Waals surface area contributed by atoms with Crippen LogP contribution in [0.3, 0.4) is 0 Å². The maximum atomic E-state index is 12.5. The van der Waals surface area contributed by atoms with Crippen molar-refractivity contribution >= 4 is 58.4 Å². The van der Waals surface area contributed by atoms with Crippen molar-refractivity contribution in [1.82, 2.24) is 14.5 Å². The number of hydrogen-bond acceptors (Lipinski definition) is 3. The molecule has 0 saturated heterocycles. The predicted molar refractivity (Wildman–Crippen MR) is 108 cm³/mol. The summed E-state index contributed by atoms with van der Waals surface area (Å²) in [6, 6.07) is 9.85. The van der Waals surface area contributed by atoms with Crippen molar-refractivity contribution in [1.29, 1.82) is 0 Å². The number of H-pyrrole nitrogens is 1. The SMILES string of the molecule is CN(C)Cc1ccc(NC(=O)n2c(=O)[nH]c3cc(Cl)c(Cl)cc32)cc1.Cl. The topological polar surface area (TPSA) is 70.1 Å². The Hall–Kier alpha value is -1.99. The summed E-state index contributed by atoms with van der Waals surface area (Å²) < 4.78 is 0.991. The number of anilines is 1. The number of hydrogen-bond donors (Lipinski definition) is 2. The van der Waals surface area contributed by atoms with E-state index in [1.54, 1.807) is 12.1 Å². The summed E-state index contributed by atoms with van der Waals surface area (Å²) >= 11 is 11.9. The molecule has 0 radical (unpaired) electrons. The van der Waals surface area contributed by atoms with E-state index in [1.807, 2.05) is 31.1 Å². The van der Waals surface area contributed by atoms with Crippen LogP contribution in [-0.2, 0) is 6.54 Å². The van der Waals surface area contributed by atoms with E-state index in [9.17, 15) is 9.59 Å². The van der Waals surface area contributed by atoms with Gasteiger partial charge in [-0.25, -0.2) is 14.2 Å². The van der Waals surface area contributed by atoms with Gasteiger partial charge in [-0.3, -0.25) is 0 Å². The highest BCUT2D eigenvalue weighted by Crippen LogP contribution is 2.26. The van der Waals surface area contributed by atoms with Crippen molar-refractivity contribution in [2.75, 3.05) is 19.4 Å². The minimum atomic E-state index is -0.574. The number of aromatic amines is 1.